The van der Waals surface area contributed by atoms with E-state index in [1.807, 2.05) is 36.0 Å². The van der Waals surface area contributed by atoms with Crippen LogP contribution in [0.1, 0.15) is 11.5 Å². The van der Waals surface area contributed by atoms with Crippen LogP contribution in [-0.2, 0) is 13.1 Å². The summed E-state index contributed by atoms with van der Waals surface area (Å²) in [6, 6.07) is 5.90. The fourth-order valence-electron chi connectivity index (χ4n) is 1.42. The highest BCUT2D eigenvalue weighted by Crippen LogP contribution is 2.04. The summed E-state index contributed by atoms with van der Waals surface area (Å²) in [6.45, 7) is 4.50. The van der Waals surface area contributed by atoms with Crippen LogP contribution in [-0.4, -0.2) is 16.3 Å². The number of hydrogen-bond donors (Lipinski definition) is 1. The topological polar surface area (TPSA) is 43.0 Å². The van der Waals surface area contributed by atoms with Crippen LogP contribution in [0.25, 0.3) is 0 Å². The average Bonchev–Trinajstić information content (AvgIpc) is 2.84. The van der Waals surface area contributed by atoms with Crippen LogP contribution >= 0.6 is 0 Å². The van der Waals surface area contributed by atoms with Crippen LogP contribution in [0.3, 0.4) is 0 Å². The maximum absolute atomic E-state index is 5.44. The Labute approximate surface area is 88.9 Å². The van der Waals surface area contributed by atoms with Gasteiger partial charge in [-0.05, 0) is 25.1 Å². The van der Waals surface area contributed by atoms with Crippen molar-refractivity contribution in [3.63, 3.8) is 0 Å². The predicted molar refractivity (Wildman–Crippen MR) is 57.4 cm³/mol. The van der Waals surface area contributed by atoms with Crippen LogP contribution < -0.4 is 5.32 Å². The molecule has 0 spiro atoms. The van der Waals surface area contributed by atoms with Gasteiger partial charge in [0.05, 0.1) is 13.1 Å². The maximum Gasteiger partial charge on any atom is 0.117 e. The molecule has 0 fully saturated rings. The molecule has 0 aliphatic heterocycles. The van der Waals surface area contributed by atoms with Gasteiger partial charge in [-0.2, -0.15) is 5.10 Å². The molecule has 0 radical (unpaired) electrons. The van der Waals surface area contributed by atoms with E-state index in [2.05, 4.69) is 10.4 Å². The molecule has 0 aliphatic carbocycles. The van der Waals surface area contributed by atoms with Gasteiger partial charge in [0, 0.05) is 18.9 Å². The van der Waals surface area contributed by atoms with Gasteiger partial charge in [-0.25, -0.2) is 0 Å². The van der Waals surface area contributed by atoms with E-state index in [-0.39, 0.29) is 0 Å². The summed E-state index contributed by atoms with van der Waals surface area (Å²) in [5, 5.41) is 7.42. The highest BCUT2D eigenvalue weighted by molar-refractivity contribution is 5.04. The molecular formula is C11H15N3O. The Balaban J connectivity index is 1.67. The van der Waals surface area contributed by atoms with Crippen molar-refractivity contribution in [2.24, 2.45) is 0 Å². The fourth-order valence-corrected chi connectivity index (χ4v) is 1.42. The first-order valence-electron chi connectivity index (χ1n) is 5.08. The molecule has 0 atom stereocenters. The first-order chi connectivity index (χ1) is 7.34. The number of rotatable bonds is 5. The normalized spacial score (nSPS) is 10.7. The van der Waals surface area contributed by atoms with E-state index >= 15 is 0 Å². The monoisotopic (exact) mass is 205 g/mol. The van der Waals surface area contributed by atoms with Crippen molar-refractivity contribution in [3.8, 4) is 0 Å². The van der Waals surface area contributed by atoms with E-state index in [1.165, 1.54) is 0 Å². The Hall–Kier alpha value is -1.55. The third-order valence-electron chi connectivity index (χ3n) is 2.17. The third-order valence-corrected chi connectivity index (χ3v) is 2.17. The van der Waals surface area contributed by atoms with Crippen LogP contribution in [0.2, 0.25) is 0 Å². The van der Waals surface area contributed by atoms with Crippen molar-refractivity contribution in [1.29, 1.82) is 0 Å². The highest BCUT2D eigenvalue weighted by Gasteiger charge is 1.97. The summed E-state index contributed by atoms with van der Waals surface area (Å²) in [5.74, 6) is 1.94. The number of nitrogens with zero attached hydrogens (tertiary/aromatic N) is 2. The molecule has 0 saturated heterocycles. The van der Waals surface area contributed by atoms with Gasteiger partial charge in [0.15, 0.2) is 0 Å². The van der Waals surface area contributed by atoms with E-state index in [4.69, 9.17) is 4.42 Å². The number of aryl methyl sites for hydroxylation is 1. The molecule has 0 aromatic carbocycles. The first kappa shape index (κ1) is 9.98. The summed E-state index contributed by atoms with van der Waals surface area (Å²) >= 11 is 0. The molecule has 0 saturated carbocycles. The molecule has 15 heavy (non-hydrogen) atoms. The molecule has 0 amide bonds. The summed E-state index contributed by atoms with van der Waals surface area (Å²) in [5.41, 5.74) is 0. The third kappa shape index (κ3) is 2.95. The van der Waals surface area contributed by atoms with E-state index < -0.39 is 0 Å². The molecule has 0 unspecified atom stereocenters. The summed E-state index contributed by atoms with van der Waals surface area (Å²) in [6.07, 6.45) is 3.74. The second kappa shape index (κ2) is 4.79. The largest absolute Gasteiger partial charge is 0.465 e. The van der Waals surface area contributed by atoms with Crippen LogP contribution in [0.5, 0.6) is 0 Å². The maximum atomic E-state index is 5.44. The lowest BCUT2D eigenvalue weighted by Gasteiger charge is -2.02. The first-order valence-corrected chi connectivity index (χ1v) is 5.08. The molecular weight excluding hydrogens is 190 g/mol. The molecule has 2 rings (SSSR count). The highest BCUT2D eigenvalue weighted by atomic mass is 16.3. The SMILES string of the molecule is Cc1ccc(CNCCn2cccn2)o1. The molecule has 2 heterocycles. The number of hydrogen-bond acceptors (Lipinski definition) is 3. The Morgan fingerprint density at radius 3 is 3.07 bits per heavy atom. The van der Waals surface area contributed by atoms with Crippen molar-refractivity contribution in [3.05, 3.63) is 42.1 Å². The average molecular weight is 205 g/mol. The van der Waals surface area contributed by atoms with Crippen molar-refractivity contribution in [2.45, 2.75) is 20.0 Å². The van der Waals surface area contributed by atoms with Crippen molar-refractivity contribution in [2.75, 3.05) is 6.54 Å². The predicted octanol–water partition coefficient (Wildman–Crippen LogP) is 1.57. The van der Waals surface area contributed by atoms with Gasteiger partial charge in [0.25, 0.3) is 0 Å². The lowest BCUT2D eigenvalue weighted by molar-refractivity contribution is 0.453. The number of aromatic nitrogens is 2. The lowest BCUT2D eigenvalue weighted by Crippen LogP contribution is -2.19. The van der Waals surface area contributed by atoms with Gasteiger partial charge in [0.2, 0.25) is 0 Å². The quantitative estimate of drug-likeness (QED) is 0.753. The molecule has 1 N–H and O–H groups in total. The molecule has 0 bridgehead atoms. The Morgan fingerprint density at radius 1 is 1.47 bits per heavy atom. The lowest BCUT2D eigenvalue weighted by atomic mass is 10.4. The van der Waals surface area contributed by atoms with Gasteiger partial charge < -0.3 is 9.73 Å². The van der Waals surface area contributed by atoms with Crippen molar-refractivity contribution >= 4 is 0 Å². The van der Waals surface area contributed by atoms with Gasteiger partial charge in [-0.1, -0.05) is 0 Å². The minimum absolute atomic E-state index is 0.773. The van der Waals surface area contributed by atoms with Crippen molar-refractivity contribution in [1.82, 2.24) is 15.1 Å². The summed E-state index contributed by atoms with van der Waals surface area (Å²) in [4.78, 5) is 0. The van der Waals surface area contributed by atoms with E-state index in [0.29, 0.717) is 0 Å². The van der Waals surface area contributed by atoms with Gasteiger partial charge in [-0.15, -0.1) is 0 Å². The van der Waals surface area contributed by atoms with E-state index in [9.17, 15) is 0 Å². The van der Waals surface area contributed by atoms with Gasteiger partial charge in [-0.3, -0.25) is 4.68 Å². The van der Waals surface area contributed by atoms with Gasteiger partial charge in [0.1, 0.15) is 11.5 Å². The zero-order valence-electron chi connectivity index (χ0n) is 8.81. The Morgan fingerprint density at radius 2 is 2.40 bits per heavy atom. The molecule has 80 valence electrons. The summed E-state index contributed by atoms with van der Waals surface area (Å²) in [7, 11) is 0. The Bertz CT molecular complexity index is 392. The zero-order chi connectivity index (χ0) is 10.5. The molecule has 2 aromatic rings. The van der Waals surface area contributed by atoms with E-state index in [1.54, 1.807) is 6.20 Å². The van der Waals surface area contributed by atoms with Crippen LogP contribution in [0.15, 0.2) is 35.0 Å². The number of furan rings is 1. The van der Waals surface area contributed by atoms with Crippen molar-refractivity contribution < 1.29 is 4.42 Å². The minimum atomic E-state index is 0.773. The van der Waals surface area contributed by atoms with Crippen LogP contribution in [0.4, 0.5) is 0 Å². The second-order valence-electron chi connectivity index (χ2n) is 3.46. The summed E-state index contributed by atoms with van der Waals surface area (Å²) < 4.78 is 7.34. The van der Waals surface area contributed by atoms with Gasteiger partial charge >= 0.3 is 0 Å². The van der Waals surface area contributed by atoms with E-state index in [0.717, 1.165) is 31.2 Å². The minimum Gasteiger partial charge on any atom is -0.465 e. The van der Waals surface area contributed by atoms with Crippen LogP contribution in [0, 0.1) is 6.92 Å². The zero-order valence-corrected chi connectivity index (χ0v) is 8.81. The molecule has 4 heteroatoms. The standard InChI is InChI=1S/C11H15N3O/c1-10-3-4-11(15-10)9-12-6-8-14-7-2-5-13-14/h2-5,7,12H,6,8-9H2,1H3. The Kier molecular flexibility index (Phi) is 3.19. The molecule has 2 aromatic heterocycles. The second-order valence-corrected chi connectivity index (χ2v) is 3.46. The fraction of sp³-hybridized carbons (Fsp3) is 0.364. The molecule has 0 aliphatic rings. The molecule has 4 nitrogen and oxygen atoms in total. The number of nitrogens with one attached hydrogen (secondary N) is 1. The smallest absolute Gasteiger partial charge is 0.117 e.